The van der Waals surface area contributed by atoms with E-state index in [0.717, 1.165) is 4.47 Å². The lowest BCUT2D eigenvalue weighted by molar-refractivity contribution is 0.601. The SMILES string of the molecule is O=S(=O)(Nc1ccc(Br)cc1Cl)c1ccc(Cl)c(Br)c1. The first-order valence-corrected chi connectivity index (χ1v) is 9.05. The Labute approximate surface area is 143 Å². The lowest BCUT2D eigenvalue weighted by atomic mass is 10.3. The van der Waals surface area contributed by atoms with E-state index in [4.69, 9.17) is 23.2 Å². The highest BCUT2D eigenvalue weighted by molar-refractivity contribution is 9.10. The second-order valence-electron chi connectivity index (χ2n) is 3.81. The molecule has 0 saturated heterocycles. The van der Waals surface area contributed by atoms with E-state index in [2.05, 4.69) is 36.6 Å². The molecule has 0 atom stereocenters. The zero-order valence-electron chi connectivity index (χ0n) is 9.70. The lowest BCUT2D eigenvalue weighted by Crippen LogP contribution is -2.13. The van der Waals surface area contributed by atoms with Gasteiger partial charge in [-0.1, -0.05) is 39.1 Å². The van der Waals surface area contributed by atoms with E-state index in [1.807, 2.05) is 0 Å². The van der Waals surface area contributed by atoms with Crippen LogP contribution < -0.4 is 4.72 Å². The van der Waals surface area contributed by atoms with Crippen molar-refractivity contribution in [2.75, 3.05) is 4.72 Å². The van der Waals surface area contributed by atoms with Gasteiger partial charge in [0.15, 0.2) is 0 Å². The Morgan fingerprint density at radius 2 is 1.65 bits per heavy atom. The molecule has 0 radical (unpaired) electrons. The third-order valence-corrected chi connectivity index (χ3v) is 5.76. The summed E-state index contributed by atoms with van der Waals surface area (Å²) in [5.74, 6) is 0. The smallest absolute Gasteiger partial charge is 0.261 e. The van der Waals surface area contributed by atoms with Gasteiger partial charge in [0.2, 0.25) is 0 Å². The molecule has 2 aromatic carbocycles. The predicted octanol–water partition coefficient (Wildman–Crippen LogP) is 5.32. The Hall–Kier alpha value is -0.270. The molecule has 0 fully saturated rings. The summed E-state index contributed by atoms with van der Waals surface area (Å²) in [4.78, 5) is 0.0905. The third kappa shape index (κ3) is 3.68. The largest absolute Gasteiger partial charge is 0.278 e. The Balaban J connectivity index is 2.38. The van der Waals surface area contributed by atoms with Crippen molar-refractivity contribution in [3.63, 3.8) is 0 Å². The minimum Gasteiger partial charge on any atom is -0.278 e. The molecule has 0 spiro atoms. The van der Waals surface area contributed by atoms with Crippen molar-refractivity contribution in [3.8, 4) is 0 Å². The molecular weight excluding hydrogens is 453 g/mol. The summed E-state index contributed by atoms with van der Waals surface area (Å²) in [6, 6.07) is 9.23. The quantitative estimate of drug-likeness (QED) is 0.675. The van der Waals surface area contributed by atoms with Gasteiger partial charge < -0.3 is 0 Å². The Morgan fingerprint density at radius 1 is 0.950 bits per heavy atom. The van der Waals surface area contributed by atoms with E-state index < -0.39 is 10.0 Å². The van der Waals surface area contributed by atoms with Crippen molar-refractivity contribution in [2.45, 2.75) is 4.90 Å². The van der Waals surface area contributed by atoms with Crippen LogP contribution in [0.15, 0.2) is 50.2 Å². The van der Waals surface area contributed by atoms with E-state index in [-0.39, 0.29) is 4.90 Å². The summed E-state index contributed by atoms with van der Waals surface area (Å²) in [6.07, 6.45) is 0. The van der Waals surface area contributed by atoms with Gasteiger partial charge in [0.25, 0.3) is 10.0 Å². The molecule has 0 amide bonds. The van der Waals surface area contributed by atoms with Crippen LogP contribution in [0, 0.1) is 0 Å². The number of hydrogen-bond acceptors (Lipinski definition) is 2. The van der Waals surface area contributed by atoms with Gasteiger partial charge in [0, 0.05) is 8.95 Å². The summed E-state index contributed by atoms with van der Waals surface area (Å²) in [5.41, 5.74) is 0.306. The number of benzene rings is 2. The van der Waals surface area contributed by atoms with E-state index in [9.17, 15) is 8.42 Å². The summed E-state index contributed by atoms with van der Waals surface area (Å²) < 4.78 is 28.2. The van der Waals surface area contributed by atoms with Crippen LogP contribution in [-0.2, 0) is 10.0 Å². The van der Waals surface area contributed by atoms with Gasteiger partial charge in [-0.05, 0) is 52.3 Å². The normalized spacial score (nSPS) is 11.4. The first-order chi connectivity index (χ1) is 9.29. The Bertz CT molecular complexity index is 766. The van der Waals surface area contributed by atoms with Crippen molar-refractivity contribution < 1.29 is 8.42 Å². The van der Waals surface area contributed by atoms with E-state index in [1.54, 1.807) is 18.2 Å². The molecule has 0 bridgehead atoms. The molecule has 0 saturated carbocycles. The number of hydrogen-bond donors (Lipinski definition) is 1. The van der Waals surface area contributed by atoms with Crippen molar-refractivity contribution in [1.82, 2.24) is 0 Å². The van der Waals surface area contributed by atoms with Crippen LogP contribution in [0.3, 0.4) is 0 Å². The van der Waals surface area contributed by atoms with Gasteiger partial charge in [-0.2, -0.15) is 0 Å². The molecule has 0 aliphatic carbocycles. The number of anilines is 1. The zero-order chi connectivity index (χ0) is 14.9. The minimum absolute atomic E-state index is 0.0905. The van der Waals surface area contributed by atoms with Crippen LogP contribution in [0.25, 0.3) is 0 Å². The molecular formula is C12H7Br2Cl2NO2S. The molecule has 8 heteroatoms. The van der Waals surface area contributed by atoms with Crippen LogP contribution in [0.1, 0.15) is 0 Å². The summed E-state index contributed by atoms with van der Waals surface area (Å²) >= 11 is 18.3. The van der Waals surface area contributed by atoms with Crippen LogP contribution in [-0.4, -0.2) is 8.42 Å². The maximum absolute atomic E-state index is 12.3. The Kier molecular flexibility index (Phi) is 5.02. The average Bonchev–Trinajstić information content (AvgIpc) is 2.36. The fourth-order valence-corrected chi connectivity index (χ4v) is 3.95. The lowest BCUT2D eigenvalue weighted by Gasteiger charge is -2.10. The second kappa shape index (κ2) is 6.23. The predicted molar refractivity (Wildman–Crippen MR) is 89.1 cm³/mol. The molecule has 0 aliphatic rings. The molecule has 3 nitrogen and oxygen atoms in total. The molecule has 20 heavy (non-hydrogen) atoms. The van der Waals surface area contributed by atoms with Crippen LogP contribution in [0.4, 0.5) is 5.69 Å². The maximum atomic E-state index is 12.3. The van der Waals surface area contributed by atoms with Gasteiger partial charge >= 0.3 is 0 Å². The average molecular weight is 460 g/mol. The highest BCUT2D eigenvalue weighted by Crippen LogP contribution is 2.29. The standard InChI is InChI=1S/C12H7Br2Cl2NO2S/c13-7-1-4-12(11(16)5-7)17-20(18,19)8-2-3-10(15)9(14)6-8/h1-6,17H. The van der Waals surface area contributed by atoms with Gasteiger partial charge in [-0.3, -0.25) is 4.72 Å². The summed E-state index contributed by atoms with van der Waals surface area (Å²) in [7, 11) is -3.73. The number of halogens is 4. The van der Waals surface area contributed by atoms with Crippen molar-refractivity contribution in [1.29, 1.82) is 0 Å². The van der Waals surface area contributed by atoms with Crippen molar-refractivity contribution in [3.05, 3.63) is 55.4 Å². The monoisotopic (exact) mass is 457 g/mol. The van der Waals surface area contributed by atoms with Gasteiger partial charge in [0.05, 0.1) is 20.6 Å². The van der Waals surface area contributed by atoms with Gasteiger partial charge in [-0.15, -0.1) is 0 Å². The maximum Gasteiger partial charge on any atom is 0.261 e. The zero-order valence-corrected chi connectivity index (χ0v) is 15.2. The fourth-order valence-electron chi connectivity index (χ4n) is 1.42. The summed E-state index contributed by atoms with van der Waals surface area (Å²) in [6.45, 7) is 0. The first kappa shape index (κ1) is 16.1. The molecule has 2 aromatic rings. The van der Waals surface area contributed by atoms with Crippen molar-refractivity contribution in [2.24, 2.45) is 0 Å². The Morgan fingerprint density at radius 3 is 2.25 bits per heavy atom. The first-order valence-electron chi connectivity index (χ1n) is 5.22. The molecule has 2 rings (SSSR count). The van der Waals surface area contributed by atoms with E-state index in [0.29, 0.717) is 20.2 Å². The topological polar surface area (TPSA) is 46.2 Å². The van der Waals surface area contributed by atoms with Gasteiger partial charge in [0.1, 0.15) is 0 Å². The highest BCUT2D eigenvalue weighted by atomic mass is 79.9. The van der Waals surface area contributed by atoms with Crippen molar-refractivity contribution >= 4 is 70.8 Å². The summed E-state index contributed by atoms with van der Waals surface area (Å²) in [5, 5.41) is 0.738. The van der Waals surface area contributed by atoms with E-state index >= 15 is 0 Å². The van der Waals surface area contributed by atoms with Crippen LogP contribution in [0.2, 0.25) is 10.0 Å². The van der Waals surface area contributed by atoms with Crippen LogP contribution >= 0.6 is 55.1 Å². The third-order valence-electron chi connectivity index (χ3n) is 2.38. The number of rotatable bonds is 3. The molecule has 0 aromatic heterocycles. The van der Waals surface area contributed by atoms with Gasteiger partial charge in [-0.25, -0.2) is 8.42 Å². The number of sulfonamides is 1. The molecule has 0 aliphatic heterocycles. The van der Waals surface area contributed by atoms with E-state index in [1.165, 1.54) is 18.2 Å². The molecule has 106 valence electrons. The molecule has 1 N–H and O–H groups in total. The number of nitrogens with one attached hydrogen (secondary N) is 1. The second-order valence-corrected chi connectivity index (χ2v) is 8.07. The molecule has 0 heterocycles. The highest BCUT2D eigenvalue weighted by Gasteiger charge is 2.17. The molecule has 0 unspecified atom stereocenters. The fraction of sp³-hybridized carbons (Fsp3) is 0. The van der Waals surface area contributed by atoms with Crippen LogP contribution in [0.5, 0.6) is 0 Å². The minimum atomic E-state index is -3.73.